The van der Waals surface area contributed by atoms with Gasteiger partial charge in [-0.1, -0.05) is 51.1 Å². The number of H-pyrrole nitrogens is 1. The van der Waals surface area contributed by atoms with Gasteiger partial charge in [0.1, 0.15) is 17.2 Å². The lowest BCUT2D eigenvalue weighted by atomic mass is 9.85. The molecule has 4 atom stereocenters. The number of hydrogen-bond donors (Lipinski definition) is 1. The molecule has 6 rings (SSSR count). The van der Waals surface area contributed by atoms with Crippen LogP contribution in [0.15, 0.2) is 42.6 Å². The van der Waals surface area contributed by atoms with Crippen molar-refractivity contribution in [3.05, 3.63) is 59.5 Å². The van der Waals surface area contributed by atoms with Gasteiger partial charge in [0, 0.05) is 12.1 Å². The van der Waals surface area contributed by atoms with E-state index in [9.17, 15) is 26.4 Å². The number of nitrogens with zero attached hydrogens (tertiary/aromatic N) is 2. The molecule has 1 saturated carbocycles. The number of carbonyl (C=O) groups excluding carboxylic acids is 1. The molecule has 0 radical (unpaired) electrons. The van der Waals surface area contributed by atoms with Gasteiger partial charge in [-0.05, 0) is 92.5 Å². The number of fused-ring (bicyclic) bond motifs is 5. The van der Waals surface area contributed by atoms with E-state index in [1.54, 1.807) is 17.2 Å². The average Bonchev–Trinajstić information content (AvgIpc) is 3.77. The van der Waals surface area contributed by atoms with E-state index in [2.05, 4.69) is 21.1 Å². The smallest absolute Gasteiger partial charge is 0.444 e. The van der Waals surface area contributed by atoms with Crippen LogP contribution in [0.2, 0.25) is 0 Å². The van der Waals surface area contributed by atoms with Crippen LogP contribution in [0, 0.1) is 5.92 Å². The van der Waals surface area contributed by atoms with Crippen LogP contribution < -0.4 is 4.18 Å². The number of nitrogens with one attached hydrogen (secondary N) is 1. The molecular weight excluding hydrogens is 640 g/mol. The van der Waals surface area contributed by atoms with Gasteiger partial charge in [0.2, 0.25) is 0 Å². The van der Waals surface area contributed by atoms with Gasteiger partial charge in [-0.2, -0.15) is 35.1 Å². The number of aromatic amines is 1. The zero-order valence-electron chi connectivity index (χ0n) is 26.9. The molecule has 13 heteroatoms. The molecule has 252 valence electrons. The lowest BCUT2D eigenvalue weighted by Crippen LogP contribution is -2.37. The molecule has 8 nitrogen and oxygen atoms in total. The van der Waals surface area contributed by atoms with Crippen LogP contribution in [-0.2, 0) is 14.9 Å². The molecule has 3 aromatic rings. The molecule has 1 aliphatic heterocycles. The van der Waals surface area contributed by atoms with Crippen molar-refractivity contribution in [1.82, 2.24) is 14.9 Å². The van der Waals surface area contributed by atoms with Crippen LogP contribution >= 0.6 is 13.5 Å². The van der Waals surface area contributed by atoms with Crippen molar-refractivity contribution >= 4 is 29.7 Å². The van der Waals surface area contributed by atoms with Crippen LogP contribution in [0.3, 0.4) is 0 Å². The largest absolute Gasteiger partial charge is 0.534 e. The fraction of sp³-hybridized carbons (Fsp3) is 0.515. The standard InChI is InChI=1S/C31H34F3N3O5S.C2H6.H2S/c1-17-13-24(37(16-17)29(38)41-30(2,3)4)28-35-15-23(36-28)19-7-5-18(6-8-19)22-11-12-25(42-43(39,40)31(32,33)34)27-21-10-9-20(14-21)26(22)27;1-2;/h5-8,11-12,15,17,20-21,24H,9-10,13-14,16H2,1-4H3,(H,35,36);1-2H3;1H2. The molecule has 4 unspecified atom stereocenters. The number of likely N-dealkylation sites (tertiary alicyclic amines) is 1. The van der Waals surface area contributed by atoms with Crippen molar-refractivity contribution in [1.29, 1.82) is 0 Å². The van der Waals surface area contributed by atoms with Gasteiger partial charge in [-0.15, -0.1) is 0 Å². The summed E-state index contributed by atoms with van der Waals surface area (Å²) in [5, 5.41) is 0. The Hall–Kier alpha value is -3.19. The second-order valence-electron chi connectivity index (χ2n) is 12.9. The summed E-state index contributed by atoms with van der Waals surface area (Å²) in [5.74, 6) is 0.870. The van der Waals surface area contributed by atoms with Crippen LogP contribution in [0.25, 0.3) is 22.4 Å². The Morgan fingerprint density at radius 2 is 1.57 bits per heavy atom. The summed E-state index contributed by atoms with van der Waals surface area (Å²) in [6.07, 6.45) is 4.60. The molecular formula is C33H42F3N3O5S2. The van der Waals surface area contributed by atoms with Crippen LogP contribution in [0.5, 0.6) is 5.75 Å². The number of halogens is 3. The highest BCUT2D eigenvalue weighted by Crippen LogP contribution is 2.58. The second-order valence-corrected chi connectivity index (χ2v) is 14.4. The highest BCUT2D eigenvalue weighted by molar-refractivity contribution is 7.88. The number of alkyl halides is 3. The normalized spacial score (nSPS) is 22.1. The topological polar surface area (TPSA) is 102 Å². The predicted octanol–water partition coefficient (Wildman–Crippen LogP) is 8.79. The number of amides is 1. The molecule has 2 fully saturated rings. The Kier molecular flexibility index (Phi) is 10.2. The van der Waals surface area contributed by atoms with Crippen LogP contribution in [-0.4, -0.2) is 47.0 Å². The maximum absolute atomic E-state index is 13.1. The van der Waals surface area contributed by atoms with Gasteiger partial charge in [0.05, 0.1) is 17.9 Å². The molecule has 2 heterocycles. The summed E-state index contributed by atoms with van der Waals surface area (Å²) in [4.78, 5) is 22.6. The second kappa shape index (κ2) is 13.1. The quantitative estimate of drug-likeness (QED) is 0.213. The highest BCUT2D eigenvalue weighted by atomic mass is 32.2. The Morgan fingerprint density at radius 3 is 2.17 bits per heavy atom. The average molecular weight is 682 g/mol. The first-order valence-electron chi connectivity index (χ1n) is 15.4. The third-order valence-electron chi connectivity index (χ3n) is 8.54. The van der Waals surface area contributed by atoms with E-state index < -0.39 is 21.2 Å². The SMILES string of the molecule is CC.CC1CC(c2ncc(-c3ccc(-c4ccc(OS(=O)(=O)C(F)(F)F)c5c4C4CCC5C4)cc3)[nH]2)N(C(=O)OC(C)(C)C)C1.S. The molecule has 1 saturated heterocycles. The Bertz CT molecular complexity index is 1670. The number of imidazole rings is 1. The summed E-state index contributed by atoms with van der Waals surface area (Å²) < 4.78 is 73.0. The molecule has 2 bridgehead atoms. The van der Waals surface area contributed by atoms with Gasteiger partial charge in [-0.25, -0.2) is 9.78 Å². The van der Waals surface area contributed by atoms with E-state index >= 15 is 0 Å². The first-order chi connectivity index (χ1) is 21.1. The van der Waals surface area contributed by atoms with Gasteiger partial charge in [0.25, 0.3) is 0 Å². The number of hydrogen-bond acceptors (Lipinski definition) is 6. The minimum absolute atomic E-state index is 0. The first kappa shape index (κ1) is 35.7. The summed E-state index contributed by atoms with van der Waals surface area (Å²) in [6, 6.07) is 10.5. The molecule has 46 heavy (non-hydrogen) atoms. The molecule has 1 amide bonds. The van der Waals surface area contributed by atoms with E-state index in [0.29, 0.717) is 23.9 Å². The van der Waals surface area contributed by atoms with Crippen molar-refractivity contribution in [2.24, 2.45) is 5.92 Å². The maximum atomic E-state index is 13.1. The van der Waals surface area contributed by atoms with Crippen LogP contribution in [0.4, 0.5) is 18.0 Å². The van der Waals surface area contributed by atoms with E-state index in [-0.39, 0.29) is 43.2 Å². The molecule has 2 aromatic carbocycles. The Balaban J connectivity index is 0.00000157. The van der Waals surface area contributed by atoms with Crippen LogP contribution in [0.1, 0.15) is 102 Å². The Morgan fingerprint density at radius 1 is 0.957 bits per heavy atom. The number of benzene rings is 2. The van der Waals surface area contributed by atoms with Crippen molar-refractivity contribution in [3.8, 4) is 28.1 Å². The van der Waals surface area contributed by atoms with Gasteiger partial charge in [0.15, 0.2) is 0 Å². The fourth-order valence-corrected chi connectivity index (χ4v) is 7.26. The third-order valence-corrected chi connectivity index (χ3v) is 9.50. The minimum Gasteiger partial charge on any atom is -0.444 e. The van der Waals surface area contributed by atoms with Crippen molar-refractivity contribution < 1.29 is 35.3 Å². The molecule has 2 aliphatic carbocycles. The van der Waals surface area contributed by atoms with E-state index in [1.807, 2.05) is 58.9 Å². The van der Waals surface area contributed by atoms with E-state index in [0.717, 1.165) is 53.6 Å². The molecule has 1 N–H and O–H groups in total. The number of ether oxygens (including phenoxy) is 1. The van der Waals surface area contributed by atoms with Gasteiger partial charge >= 0.3 is 21.7 Å². The molecule has 3 aliphatic rings. The Labute approximate surface area is 275 Å². The summed E-state index contributed by atoms with van der Waals surface area (Å²) in [6.45, 7) is 12.2. The summed E-state index contributed by atoms with van der Waals surface area (Å²) >= 11 is 0. The van der Waals surface area contributed by atoms with E-state index in [1.165, 1.54) is 6.07 Å². The fourth-order valence-electron chi connectivity index (χ4n) is 6.78. The number of rotatable bonds is 5. The maximum Gasteiger partial charge on any atom is 0.534 e. The number of aromatic nitrogens is 2. The first-order valence-corrected chi connectivity index (χ1v) is 16.8. The number of carbonyl (C=O) groups is 1. The monoisotopic (exact) mass is 681 g/mol. The molecule has 1 aromatic heterocycles. The zero-order chi connectivity index (χ0) is 32.9. The summed E-state index contributed by atoms with van der Waals surface area (Å²) in [5.41, 5.74) is -1.24. The van der Waals surface area contributed by atoms with E-state index in [4.69, 9.17) is 4.74 Å². The minimum atomic E-state index is -5.76. The molecule has 0 spiro atoms. The highest BCUT2D eigenvalue weighted by Gasteiger charge is 2.50. The van der Waals surface area contributed by atoms with Gasteiger partial charge < -0.3 is 13.9 Å². The lowest BCUT2D eigenvalue weighted by Gasteiger charge is -2.27. The predicted molar refractivity (Wildman–Crippen MR) is 176 cm³/mol. The summed E-state index contributed by atoms with van der Waals surface area (Å²) in [7, 11) is -5.76. The zero-order valence-corrected chi connectivity index (χ0v) is 28.7. The lowest BCUT2D eigenvalue weighted by molar-refractivity contribution is -0.0500. The van der Waals surface area contributed by atoms with Crippen molar-refractivity contribution in [2.75, 3.05) is 6.54 Å². The third kappa shape index (κ3) is 6.90. The van der Waals surface area contributed by atoms with Gasteiger partial charge in [-0.3, -0.25) is 4.90 Å². The van der Waals surface area contributed by atoms with Crippen molar-refractivity contribution in [3.63, 3.8) is 0 Å². The van der Waals surface area contributed by atoms with Crippen molar-refractivity contribution in [2.45, 2.75) is 96.2 Å².